The average Bonchev–Trinajstić information content (AvgIpc) is 3.34. The molecule has 1 amide bonds. The molecule has 0 radical (unpaired) electrons. The van der Waals surface area contributed by atoms with E-state index in [0.29, 0.717) is 22.6 Å². The van der Waals surface area contributed by atoms with E-state index in [0.717, 1.165) is 0 Å². The molecule has 0 saturated carbocycles. The number of benzene rings is 2. The summed E-state index contributed by atoms with van der Waals surface area (Å²) in [5.41, 5.74) is 2.11. The van der Waals surface area contributed by atoms with Crippen molar-refractivity contribution in [3.63, 3.8) is 0 Å². The Morgan fingerprint density at radius 2 is 2.00 bits per heavy atom. The lowest BCUT2D eigenvalue weighted by atomic mass is 10.1. The fraction of sp³-hybridized carbons (Fsp3) is 0. The van der Waals surface area contributed by atoms with E-state index in [2.05, 4.69) is 26.0 Å². The summed E-state index contributed by atoms with van der Waals surface area (Å²) in [7, 11) is 0. The smallest absolute Gasteiger partial charge is 0.294 e. The predicted octanol–water partition coefficient (Wildman–Crippen LogP) is 2.71. The Morgan fingerprint density at radius 3 is 2.81 bits per heavy atom. The van der Waals surface area contributed by atoms with E-state index < -0.39 is 11.7 Å². The molecule has 0 spiro atoms. The molecule has 9 heteroatoms. The van der Waals surface area contributed by atoms with E-state index in [1.807, 2.05) is 0 Å². The van der Waals surface area contributed by atoms with Gasteiger partial charge in [-0.25, -0.2) is 9.07 Å². The molecule has 0 saturated heterocycles. The average molecular weight is 350 g/mol. The highest BCUT2D eigenvalue weighted by molar-refractivity contribution is 6.02. The molecule has 2 aromatic heterocycles. The van der Waals surface area contributed by atoms with Crippen molar-refractivity contribution in [3.05, 3.63) is 72.5 Å². The maximum atomic E-state index is 13.3. The molecule has 4 rings (SSSR count). The third kappa shape index (κ3) is 3.18. The molecule has 0 atom stereocenters. The van der Waals surface area contributed by atoms with E-state index >= 15 is 0 Å². The summed E-state index contributed by atoms with van der Waals surface area (Å²) in [5.74, 6) is -0.859. The summed E-state index contributed by atoms with van der Waals surface area (Å²) in [4.78, 5) is 12.4. The number of anilines is 1. The number of aromatic nitrogens is 5. The van der Waals surface area contributed by atoms with Crippen molar-refractivity contribution in [1.29, 1.82) is 0 Å². The van der Waals surface area contributed by atoms with Crippen LogP contribution in [0.15, 0.2) is 65.4 Å². The Labute approximate surface area is 146 Å². The highest BCUT2D eigenvalue weighted by Gasteiger charge is 2.15. The maximum absolute atomic E-state index is 13.3. The van der Waals surface area contributed by atoms with Crippen LogP contribution < -0.4 is 5.32 Å². The van der Waals surface area contributed by atoms with Crippen molar-refractivity contribution in [2.75, 3.05) is 5.32 Å². The largest absolute Gasteiger partial charge is 0.350 e. The van der Waals surface area contributed by atoms with Crippen LogP contribution in [0.5, 0.6) is 0 Å². The van der Waals surface area contributed by atoms with Gasteiger partial charge < -0.3 is 9.84 Å². The number of hydrogen-bond acceptors (Lipinski definition) is 6. The van der Waals surface area contributed by atoms with E-state index in [9.17, 15) is 9.18 Å². The van der Waals surface area contributed by atoms with Crippen LogP contribution >= 0.6 is 0 Å². The number of nitrogens with zero attached hydrogens (tertiary/aromatic N) is 5. The lowest BCUT2D eigenvalue weighted by molar-refractivity contribution is 0.0988. The van der Waals surface area contributed by atoms with Gasteiger partial charge >= 0.3 is 0 Å². The zero-order chi connectivity index (χ0) is 17.9. The fourth-order valence-corrected chi connectivity index (χ4v) is 2.36. The molecular formula is C17H11FN6O2. The molecule has 0 fully saturated rings. The maximum Gasteiger partial charge on any atom is 0.294 e. The predicted molar refractivity (Wildman–Crippen MR) is 89.0 cm³/mol. The molecule has 4 aromatic rings. The zero-order valence-corrected chi connectivity index (χ0v) is 13.2. The van der Waals surface area contributed by atoms with Crippen LogP contribution in [0.2, 0.25) is 0 Å². The van der Waals surface area contributed by atoms with Crippen molar-refractivity contribution in [2.45, 2.75) is 0 Å². The van der Waals surface area contributed by atoms with E-state index in [-0.39, 0.29) is 5.76 Å². The molecule has 128 valence electrons. The molecule has 2 aromatic carbocycles. The number of nitrogens with one attached hydrogen (secondary N) is 1. The highest BCUT2D eigenvalue weighted by atomic mass is 19.1. The monoisotopic (exact) mass is 350 g/mol. The van der Waals surface area contributed by atoms with Gasteiger partial charge in [-0.05, 0) is 40.8 Å². The zero-order valence-electron chi connectivity index (χ0n) is 13.2. The molecule has 8 nitrogen and oxygen atoms in total. The number of carbonyl (C=O) groups excluding carboxylic acids is 1. The summed E-state index contributed by atoms with van der Waals surface area (Å²) in [5, 5.41) is 17.5. The van der Waals surface area contributed by atoms with Gasteiger partial charge in [-0.15, -0.1) is 5.10 Å². The van der Waals surface area contributed by atoms with Crippen LogP contribution in [-0.2, 0) is 0 Å². The van der Waals surface area contributed by atoms with Gasteiger partial charge in [0.15, 0.2) is 0 Å². The van der Waals surface area contributed by atoms with Gasteiger partial charge in [0.1, 0.15) is 17.8 Å². The summed E-state index contributed by atoms with van der Waals surface area (Å²) < 4.78 is 19.8. The van der Waals surface area contributed by atoms with Crippen molar-refractivity contribution in [3.8, 4) is 16.9 Å². The van der Waals surface area contributed by atoms with Crippen LogP contribution in [-0.4, -0.2) is 31.3 Å². The molecule has 0 aliphatic carbocycles. The Morgan fingerprint density at radius 1 is 1.12 bits per heavy atom. The fourth-order valence-electron chi connectivity index (χ4n) is 2.36. The van der Waals surface area contributed by atoms with Gasteiger partial charge in [-0.1, -0.05) is 23.4 Å². The Hall–Kier alpha value is -3.88. The van der Waals surface area contributed by atoms with Crippen LogP contribution in [0.25, 0.3) is 16.9 Å². The van der Waals surface area contributed by atoms with Gasteiger partial charge in [0, 0.05) is 17.3 Å². The molecule has 26 heavy (non-hydrogen) atoms. The first-order valence-corrected chi connectivity index (χ1v) is 7.56. The molecule has 0 aliphatic rings. The topological polar surface area (TPSA) is 98.7 Å². The van der Waals surface area contributed by atoms with Crippen molar-refractivity contribution in [1.82, 2.24) is 25.4 Å². The van der Waals surface area contributed by atoms with Crippen LogP contribution in [0.3, 0.4) is 0 Å². The Balaban J connectivity index is 1.53. The minimum atomic E-state index is -0.478. The van der Waals surface area contributed by atoms with Crippen molar-refractivity contribution in [2.24, 2.45) is 0 Å². The second-order valence-corrected chi connectivity index (χ2v) is 5.35. The summed E-state index contributed by atoms with van der Waals surface area (Å²) in [6.45, 7) is 0. The first kappa shape index (κ1) is 15.6. The number of carbonyl (C=O) groups is 1. The summed E-state index contributed by atoms with van der Waals surface area (Å²) >= 11 is 0. The van der Waals surface area contributed by atoms with Crippen LogP contribution in [0.1, 0.15) is 10.6 Å². The first-order chi connectivity index (χ1) is 12.7. The van der Waals surface area contributed by atoms with Gasteiger partial charge in [0.2, 0.25) is 5.76 Å². The van der Waals surface area contributed by atoms with Crippen LogP contribution in [0, 0.1) is 5.82 Å². The van der Waals surface area contributed by atoms with E-state index in [1.54, 1.807) is 36.4 Å². The van der Waals surface area contributed by atoms with Crippen LogP contribution in [0.4, 0.5) is 10.1 Å². The lowest BCUT2D eigenvalue weighted by Crippen LogP contribution is -2.11. The van der Waals surface area contributed by atoms with Gasteiger partial charge in [-0.3, -0.25) is 4.79 Å². The molecule has 2 heterocycles. The number of hydrogen-bond donors (Lipinski definition) is 1. The number of halogens is 1. The minimum absolute atomic E-state index is 0.0112. The molecule has 0 unspecified atom stereocenters. The molecule has 1 N–H and O–H groups in total. The quantitative estimate of drug-likeness (QED) is 0.607. The van der Waals surface area contributed by atoms with Gasteiger partial charge in [0.05, 0.1) is 5.69 Å². The standard InChI is InChI=1S/C17H11FN6O2/c18-12-4-1-3-11(7-12)15-9-16(26-21-15)17(25)20-13-5-2-6-14(8-13)24-10-19-22-23-24/h1-10H,(H,20,25). The minimum Gasteiger partial charge on any atom is -0.350 e. The van der Waals surface area contributed by atoms with Gasteiger partial charge in [0.25, 0.3) is 5.91 Å². The molecular weight excluding hydrogens is 339 g/mol. The summed E-state index contributed by atoms with van der Waals surface area (Å²) in [6, 6.07) is 14.3. The Bertz CT molecular complexity index is 1060. The number of rotatable bonds is 4. The van der Waals surface area contributed by atoms with E-state index in [4.69, 9.17) is 4.52 Å². The van der Waals surface area contributed by atoms with Gasteiger partial charge in [-0.2, -0.15) is 0 Å². The highest BCUT2D eigenvalue weighted by Crippen LogP contribution is 2.21. The second kappa shape index (κ2) is 6.55. The first-order valence-electron chi connectivity index (χ1n) is 7.56. The Kier molecular flexibility index (Phi) is 3.94. The number of tetrazole rings is 1. The molecule has 0 aliphatic heterocycles. The van der Waals surface area contributed by atoms with Crippen molar-refractivity contribution < 1.29 is 13.7 Å². The van der Waals surface area contributed by atoms with E-state index in [1.165, 1.54) is 29.2 Å². The third-order valence-electron chi connectivity index (χ3n) is 3.57. The van der Waals surface area contributed by atoms with Crippen molar-refractivity contribution >= 4 is 11.6 Å². The third-order valence-corrected chi connectivity index (χ3v) is 3.57. The SMILES string of the molecule is O=C(Nc1cccc(-n2cnnn2)c1)c1cc(-c2cccc(F)c2)no1. The number of amides is 1. The second-order valence-electron chi connectivity index (χ2n) is 5.35. The summed E-state index contributed by atoms with van der Waals surface area (Å²) in [6.07, 6.45) is 1.45. The normalized spacial score (nSPS) is 10.7. The molecule has 0 bridgehead atoms. The lowest BCUT2D eigenvalue weighted by Gasteiger charge is -2.05.